The fourth-order valence-corrected chi connectivity index (χ4v) is 3.99. The lowest BCUT2D eigenvalue weighted by molar-refractivity contribution is -0.384. The summed E-state index contributed by atoms with van der Waals surface area (Å²) in [6.45, 7) is 1.20. The number of sulfonamides is 1. The number of aliphatic carboxylic acids is 1. The van der Waals surface area contributed by atoms with Crippen LogP contribution in [0.3, 0.4) is 0 Å². The highest BCUT2D eigenvalue weighted by atomic mass is 35.5. The first-order valence-electron chi connectivity index (χ1n) is 7.38. The van der Waals surface area contributed by atoms with Gasteiger partial charge in [-0.1, -0.05) is 11.6 Å². The molecule has 138 valence electrons. The van der Waals surface area contributed by atoms with E-state index in [-0.39, 0.29) is 22.8 Å². The molecule has 0 aliphatic carbocycles. The molecule has 1 N–H and O–H groups in total. The fourth-order valence-electron chi connectivity index (χ4n) is 2.33. The zero-order valence-electron chi connectivity index (χ0n) is 13.6. The van der Waals surface area contributed by atoms with Crippen LogP contribution in [0.15, 0.2) is 47.4 Å². The number of non-ortho nitro benzene ring substituents is 1. The number of aryl methyl sites for hydroxylation is 1. The number of nitrogens with zero attached hydrogens (tertiary/aromatic N) is 2. The molecule has 0 aliphatic heterocycles. The number of hydrogen-bond donors (Lipinski definition) is 1. The van der Waals surface area contributed by atoms with Gasteiger partial charge in [-0.25, -0.2) is 8.42 Å². The number of carboxylic acids is 1. The second-order valence-electron chi connectivity index (χ2n) is 5.40. The standard InChI is InChI=1S/C16H15ClN2O6S/c1-11-10-13(19(22)23)4-7-15(11)18(9-8-16(20)21)26(24,25)14-5-2-12(17)3-6-14/h2-7,10H,8-9H2,1H3,(H,20,21). The number of hydrogen-bond acceptors (Lipinski definition) is 5. The number of carboxylic acid groups (broad SMARTS) is 1. The van der Waals surface area contributed by atoms with E-state index in [1.807, 2.05) is 0 Å². The van der Waals surface area contributed by atoms with Crippen LogP contribution in [0.2, 0.25) is 5.02 Å². The maximum absolute atomic E-state index is 13.0. The quantitative estimate of drug-likeness (QED) is 0.565. The van der Waals surface area contributed by atoms with Crippen LogP contribution < -0.4 is 4.31 Å². The van der Waals surface area contributed by atoms with E-state index in [0.717, 1.165) is 4.31 Å². The molecule has 0 unspecified atom stereocenters. The smallest absolute Gasteiger partial charge is 0.305 e. The molecule has 10 heteroatoms. The molecular formula is C16H15ClN2O6S. The Bertz CT molecular complexity index is 944. The minimum absolute atomic E-state index is 0.0648. The molecule has 0 atom stereocenters. The molecule has 0 bridgehead atoms. The molecule has 0 saturated carbocycles. The lowest BCUT2D eigenvalue weighted by Crippen LogP contribution is -2.33. The zero-order chi connectivity index (χ0) is 19.5. The van der Waals surface area contributed by atoms with Crippen molar-refractivity contribution in [1.82, 2.24) is 0 Å². The molecule has 2 rings (SSSR count). The van der Waals surface area contributed by atoms with Gasteiger partial charge in [0.2, 0.25) is 0 Å². The second-order valence-corrected chi connectivity index (χ2v) is 7.70. The van der Waals surface area contributed by atoms with Crippen LogP contribution in [-0.2, 0) is 14.8 Å². The predicted octanol–water partition coefficient (Wildman–Crippen LogP) is 3.23. The second kappa shape index (κ2) is 7.71. The maximum Gasteiger partial charge on any atom is 0.305 e. The van der Waals surface area contributed by atoms with Crippen molar-refractivity contribution in [3.8, 4) is 0 Å². The Morgan fingerprint density at radius 1 is 1.23 bits per heavy atom. The summed E-state index contributed by atoms with van der Waals surface area (Å²) >= 11 is 5.78. The first-order valence-corrected chi connectivity index (χ1v) is 9.20. The topological polar surface area (TPSA) is 118 Å². The van der Waals surface area contributed by atoms with Gasteiger partial charge >= 0.3 is 5.97 Å². The monoisotopic (exact) mass is 398 g/mol. The van der Waals surface area contributed by atoms with Crippen molar-refractivity contribution in [1.29, 1.82) is 0 Å². The number of anilines is 1. The van der Waals surface area contributed by atoms with Gasteiger partial charge in [-0.15, -0.1) is 0 Å². The van der Waals surface area contributed by atoms with E-state index < -0.39 is 27.3 Å². The summed E-state index contributed by atoms with van der Waals surface area (Å²) in [5, 5.41) is 20.2. The molecule has 0 saturated heterocycles. The summed E-state index contributed by atoms with van der Waals surface area (Å²) in [5.41, 5.74) is 0.322. The summed E-state index contributed by atoms with van der Waals surface area (Å²) in [6.07, 6.45) is -0.427. The van der Waals surface area contributed by atoms with Gasteiger partial charge in [0.25, 0.3) is 15.7 Å². The fraction of sp³-hybridized carbons (Fsp3) is 0.188. The van der Waals surface area contributed by atoms with Gasteiger partial charge in [0, 0.05) is 23.7 Å². The Balaban J connectivity index is 2.54. The van der Waals surface area contributed by atoms with Crippen molar-refractivity contribution in [2.24, 2.45) is 0 Å². The van der Waals surface area contributed by atoms with Crippen LogP contribution in [0.5, 0.6) is 0 Å². The Kier molecular flexibility index (Phi) is 5.83. The zero-order valence-corrected chi connectivity index (χ0v) is 15.2. The third-order valence-corrected chi connectivity index (χ3v) is 5.67. The molecule has 8 nitrogen and oxygen atoms in total. The van der Waals surface area contributed by atoms with E-state index in [9.17, 15) is 23.3 Å². The van der Waals surface area contributed by atoms with Crippen LogP contribution in [0.4, 0.5) is 11.4 Å². The van der Waals surface area contributed by atoms with E-state index in [2.05, 4.69) is 0 Å². The third kappa shape index (κ3) is 4.30. The van der Waals surface area contributed by atoms with Crippen LogP contribution in [-0.4, -0.2) is 31.0 Å². The average Bonchev–Trinajstić information content (AvgIpc) is 2.56. The summed E-state index contributed by atoms with van der Waals surface area (Å²) < 4.78 is 26.9. The van der Waals surface area contributed by atoms with Gasteiger partial charge < -0.3 is 5.11 Å². The number of halogens is 1. The molecule has 0 heterocycles. The van der Waals surface area contributed by atoms with E-state index in [0.29, 0.717) is 10.6 Å². The van der Waals surface area contributed by atoms with Gasteiger partial charge in [0.05, 0.1) is 21.9 Å². The Morgan fingerprint density at radius 3 is 2.35 bits per heavy atom. The molecule has 0 radical (unpaired) electrons. The van der Waals surface area contributed by atoms with Gasteiger partial charge in [0.1, 0.15) is 0 Å². The van der Waals surface area contributed by atoms with E-state index in [1.165, 1.54) is 49.4 Å². The van der Waals surface area contributed by atoms with Crippen LogP contribution >= 0.6 is 11.6 Å². The molecule has 0 fully saturated rings. The first-order chi connectivity index (χ1) is 12.1. The SMILES string of the molecule is Cc1cc([N+](=O)[O-])ccc1N(CCC(=O)O)S(=O)(=O)c1ccc(Cl)cc1. The summed E-state index contributed by atoms with van der Waals surface area (Å²) in [7, 11) is -4.08. The van der Waals surface area contributed by atoms with Crippen molar-refractivity contribution < 1.29 is 23.2 Å². The van der Waals surface area contributed by atoms with E-state index >= 15 is 0 Å². The number of benzene rings is 2. The van der Waals surface area contributed by atoms with E-state index in [4.69, 9.17) is 16.7 Å². The normalized spacial score (nSPS) is 11.2. The number of nitro groups is 1. The van der Waals surface area contributed by atoms with Gasteiger partial charge in [-0.2, -0.15) is 0 Å². The highest BCUT2D eigenvalue weighted by molar-refractivity contribution is 7.92. The number of carbonyl (C=O) groups is 1. The lowest BCUT2D eigenvalue weighted by Gasteiger charge is -2.25. The molecule has 0 aliphatic rings. The average molecular weight is 399 g/mol. The Hall–Kier alpha value is -2.65. The largest absolute Gasteiger partial charge is 0.481 e. The van der Waals surface area contributed by atoms with Crippen molar-refractivity contribution in [2.45, 2.75) is 18.2 Å². The van der Waals surface area contributed by atoms with Gasteiger partial charge in [0.15, 0.2) is 0 Å². The molecule has 26 heavy (non-hydrogen) atoms. The Morgan fingerprint density at radius 2 is 1.85 bits per heavy atom. The maximum atomic E-state index is 13.0. The van der Waals surface area contributed by atoms with Crippen LogP contribution in [0.25, 0.3) is 0 Å². The van der Waals surface area contributed by atoms with Crippen LogP contribution in [0.1, 0.15) is 12.0 Å². The molecule has 2 aromatic rings. The summed E-state index contributed by atoms with van der Waals surface area (Å²) in [6, 6.07) is 9.15. The third-order valence-electron chi connectivity index (χ3n) is 3.59. The minimum atomic E-state index is -4.08. The highest BCUT2D eigenvalue weighted by Gasteiger charge is 2.27. The van der Waals surface area contributed by atoms with Crippen molar-refractivity contribution >= 4 is 39.0 Å². The number of rotatable bonds is 7. The minimum Gasteiger partial charge on any atom is -0.481 e. The van der Waals surface area contributed by atoms with Crippen molar-refractivity contribution in [2.75, 3.05) is 10.8 Å². The summed E-state index contributed by atoms with van der Waals surface area (Å²) in [4.78, 5) is 21.2. The van der Waals surface area contributed by atoms with E-state index in [1.54, 1.807) is 0 Å². The van der Waals surface area contributed by atoms with Gasteiger partial charge in [-0.05, 0) is 42.8 Å². The van der Waals surface area contributed by atoms with Crippen LogP contribution in [0, 0.1) is 17.0 Å². The molecule has 0 amide bonds. The molecule has 2 aromatic carbocycles. The Labute approximate surface area is 154 Å². The van der Waals surface area contributed by atoms with Crippen molar-refractivity contribution in [3.05, 3.63) is 63.2 Å². The molecule has 0 aromatic heterocycles. The number of nitro benzene ring substituents is 1. The predicted molar refractivity (Wildman–Crippen MR) is 96.1 cm³/mol. The molecule has 0 spiro atoms. The van der Waals surface area contributed by atoms with Crippen molar-refractivity contribution in [3.63, 3.8) is 0 Å². The first kappa shape index (κ1) is 19.7. The highest BCUT2D eigenvalue weighted by Crippen LogP contribution is 2.30. The lowest BCUT2D eigenvalue weighted by atomic mass is 10.2. The summed E-state index contributed by atoms with van der Waals surface area (Å²) in [5.74, 6) is -1.17. The molecular weight excluding hydrogens is 384 g/mol. The van der Waals surface area contributed by atoms with Gasteiger partial charge in [-0.3, -0.25) is 19.2 Å².